The van der Waals surface area contributed by atoms with E-state index in [1.165, 1.54) is 13.3 Å². The van der Waals surface area contributed by atoms with Gasteiger partial charge in [0.1, 0.15) is 23.0 Å². The summed E-state index contributed by atoms with van der Waals surface area (Å²) in [6.07, 6.45) is 3.28. The summed E-state index contributed by atoms with van der Waals surface area (Å²) >= 11 is 0. The summed E-state index contributed by atoms with van der Waals surface area (Å²) < 4.78 is 60.7. The van der Waals surface area contributed by atoms with E-state index in [9.17, 15) is 17.6 Å². The molecule has 1 aromatic carbocycles. The van der Waals surface area contributed by atoms with Crippen LogP contribution in [0, 0.1) is 18.6 Å². The number of ether oxygens (including phenoxy) is 1. The van der Waals surface area contributed by atoms with E-state index in [0.29, 0.717) is 22.8 Å². The lowest BCUT2D eigenvalue weighted by atomic mass is 10.0. The standard InChI is InChI=1S/C22H20F2N6O4S/c1-4-7-35(32,33)30-19-16(23)6-5-13(17(19)24)20(31)18-14-8-12(9-26-21(14)29-28-18)15-10-25-11(2)27-22(15)34-3/h5-6,8-10,30H,4,7H2,1-3H3,(H,26,28,29). The molecule has 13 heteroatoms. The maximum absolute atomic E-state index is 15.2. The zero-order chi connectivity index (χ0) is 25.3. The van der Waals surface area contributed by atoms with E-state index in [1.807, 2.05) is 4.72 Å². The highest BCUT2D eigenvalue weighted by Gasteiger charge is 2.26. The smallest absolute Gasteiger partial charge is 0.232 e. The number of pyridine rings is 1. The number of carbonyl (C=O) groups excluding carboxylic acids is 1. The molecule has 0 aliphatic rings. The van der Waals surface area contributed by atoms with Gasteiger partial charge >= 0.3 is 0 Å². The van der Waals surface area contributed by atoms with Crippen molar-refractivity contribution in [3.63, 3.8) is 0 Å². The van der Waals surface area contributed by atoms with Crippen molar-refractivity contribution in [3.8, 4) is 17.0 Å². The first-order valence-corrected chi connectivity index (χ1v) is 12.1. The van der Waals surface area contributed by atoms with Crippen molar-refractivity contribution >= 4 is 32.5 Å². The van der Waals surface area contributed by atoms with Gasteiger partial charge in [0.15, 0.2) is 11.5 Å². The molecule has 0 radical (unpaired) electrons. The minimum Gasteiger partial charge on any atom is -0.480 e. The van der Waals surface area contributed by atoms with Crippen LogP contribution in [0.1, 0.15) is 35.2 Å². The van der Waals surface area contributed by atoms with Gasteiger partial charge in [-0.3, -0.25) is 14.6 Å². The Labute approximate surface area is 198 Å². The van der Waals surface area contributed by atoms with Gasteiger partial charge in [0.2, 0.25) is 21.7 Å². The van der Waals surface area contributed by atoms with Crippen LogP contribution in [0.2, 0.25) is 0 Å². The first kappa shape index (κ1) is 24.1. The van der Waals surface area contributed by atoms with E-state index in [-0.39, 0.29) is 28.9 Å². The molecule has 182 valence electrons. The van der Waals surface area contributed by atoms with E-state index >= 15 is 4.39 Å². The molecule has 0 amide bonds. The monoisotopic (exact) mass is 502 g/mol. The van der Waals surface area contributed by atoms with Crippen LogP contribution < -0.4 is 9.46 Å². The SMILES string of the molecule is CCCS(=O)(=O)Nc1c(F)ccc(C(=O)c2n[nH]c3ncc(-c4cnc(C)nc4OC)cc23)c1F. The number of sulfonamides is 1. The molecule has 35 heavy (non-hydrogen) atoms. The number of H-pyrrole nitrogens is 1. The minimum atomic E-state index is -4.00. The molecule has 0 fully saturated rings. The van der Waals surface area contributed by atoms with Crippen LogP contribution in [0.5, 0.6) is 5.88 Å². The van der Waals surface area contributed by atoms with Gasteiger partial charge in [-0.15, -0.1) is 0 Å². The third-order valence-electron chi connectivity index (χ3n) is 5.08. The third kappa shape index (κ3) is 4.67. The van der Waals surface area contributed by atoms with Crippen molar-refractivity contribution in [1.82, 2.24) is 25.1 Å². The average Bonchev–Trinajstić information content (AvgIpc) is 3.24. The number of nitrogens with zero attached hydrogens (tertiary/aromatic N) is 4. The molecule has 3 heterocycles. The first-order chi connectivity index (χ1) is 16.6. The van der Waals surface area contributed by atoms with Crippen LogP contribution in [0.4, 0.5) is 14.5 Å². The summed E-state index contributed by atoms with van der Waals surface area (Å²) in [7, 11) is -2.55. The van der Waals surface area contributed by atoms with Gasteiger partial charge in [-0.2, -0.15) is 10.1 Å². The van der Waals surface area contributed by atoms with Crippen molar-refractivity contribution < 1.29 is 26.7 Å². The number of carbonyl (C=O) groups is 1. The minimum absolute atomic E-state index is 0.186. The fourth-order valence-electron chi connectivity index (χ4n) is 3.45. The van der Waals surface area contributed by atoms with Gasteiger partial charge in [0.05, 0.1) is 29.4 Å². The number of fused-ring (bicyclic) bond motifs is 1. The normalized spacial score (nSPS) is 11.6. The summed E-state index contributed by atoms with van der Waals surface area (Å²) in [6, 6.07) is 3.33. The maximum atomic E-state index is 15.2. The summed E-state index contributed by atoms with van der Waals surface area (Å²) in [5.74, 6) is -2.94. The number of hydrogen-bond donors (Lipinski definition) is 2. The zero-order valence-electron chi connectivity index (χ0n) is 18.9. The second kappa shape index (κ2) is 9.33. The number of rotatable bonds is 8. The zero-order valence-corrected chi connectivity index (χ0v) is 19.7. The summed E-state index contributed by atoms with van der Waals surface area (Å²) in [6.45, 7) is 3.31. The van der Waals surface area contributed by atoms with Crippen molar-refractivity contribution in [2.75, 3.05) is 17.6 Å². The van der Waals surface area contributed by atoms with Crippen LogP contribution in [0.25, 0.3) is 22.2 Å². The number of anilines is 1. The number of halogens is 2. The number of ketones is 1. The van der Waals surface area contributed by atoms with Crippen molar-refractivity contribution in [3.05, 3.63) is 59.3 Å². The molecule has 0 spiro atoms. The largest absolute Gasteiger partial charge is 0.480 e. The first-order valence-electron chi connectivity index (χ1n) is 10.4. The molecule has 0 aliphatic carbocycles. The van der Waals surface area contributed by atoms with Gasteiger partial charge in [-0.1, -0.05) is 6.92 Å². The van der Waals surface area contributed by atoms with E-state index in [0.717, 1.165) is 12.1 Å². The fourth-order valence-corrected chi connectivity index (χ4v) is 4.59. The highest BCUT2D eigenvalue weighted by molar-refractivity contribution is 7.92. The number of aromatic nitrogens is 5. The van der Waals surface area contributed by atoms with Crippen molar-refractivity contribution in [1.29, 1.82) is 0 Å². The number of aryl methyl sites for hydroxylation is 1. The van der Waals surface area contributed by atoms with Gasteiger partial charge in [0.25, 0.3) is 0 Å². The lowest BCUT2D eigenvalue weighted by molar-refractivity contribution is 0.103. The lowest BCUT2D eigenvalue weighted by Crippen LogP contribution is -2.19. The quantitative estimate of drug-likeness (QED) is 0.350. The predicted octanol–water partition coefficient (Wildman–Crippen LogP) is 3.39. The average molecular weight is 503 g/mol. The number of benzene rings is 1. The molecular weight excluding hydrogens is 482 g/mol. The van der Waals surface area contributed by atoms with Crippen LogP contribution in [-0.4, -0.2) is 52.2 Å². The Morgan fingerprint density at radius 3 is 2.69 bits per heavy atom. The van der Waals surface area contributed by atoms with Gasteiger partial charge in [-0.25, -0.2) is 27.2 Å². The maximum Gasteiger partial charge on any atom is 0.232 e. The van der Waals surface area contributed by atoms with Crippen LogP contribution in [0.15, 0.2) is 30.6 Å². The highest BCUT2D eigenvalue weighted by atomic mass is 32.2. The Bertz CT molecular complexity index is 1560. The van der Waals surface area contributed by atoms with Gasteiger partial charge < -0.3 is 4.74 Å². The van der Waals surface area contributed by atoms with E-state index < -0.39 is 38.7 Å². The van der Waals surface area contributed by atoms with Gasteiger partial charge in [0, 0.05) is 18.0 Å². The Morgan fingerprint density at radius 2 is 1.97 bits per heavy atom. The number of aromatic amines is 1. The summed E-state index contributed by atoms with van der Waals surface area (Å²) in [5.41, 5.74) is -0.407. The Kier molecular flexibility index (Phi) is 6.43. The van der Waals surface area contributed by atoms with Crippen LogP contribution >= 0.6 is 0 Å². The van der Waals surface area contributed by atoms with Gasteiger partial charge in [-0.05, 0) is 31.5 Å². The number of nitrogens with one attached hydrogen (secondary N) is 2. The molecule has 4 rings (SSSR count). The van der Waals surface area contributed by atoms with Crippen molar-refractivity contribution in [2.24, 2.45) is 0 Å². The molecule has 0 saturated carbocycles. The van der Waals surface area contributed by atoms with Crippen molar-refractivity contribution in [2.45, 2.75) is 20.3 Å². The highest BCUT2D eigenvalue weighted by Crippen LogP contribution is 2.31. The second-order valence-electron chi connectivity index (χ2n) is 7.57. The molecule has 0 saturated heterocycles. The molecule has 2 N–H and O–H groups in total. The molecule has 0 unspecified atom stereocenters. The molecule has 0 bridgehead atoms. The summed E-state index contributed by atoms with van der Waals surface area (Å²) in [5, 5.41) is 6.82. The Balaban J connectivity index is 1.79. The molecule has 3 aromatic heterocycles. The fraction of sp³-hybridized carbons (Fsp3) is 0.227. The molecule has 4 aromatic rings. The molecule has 0 atom stereocenters. The lowest BCUT2D eigenvalue weighted by Gasteiger charge is -2.11. The van der Waals surface area contributed by atoms with E-state index in [4.69, 9.17) is 4.74 Å². The summed E-state index contributed by atoms with van der Waals surface area (Å²) in [4.78, 5) is 25.8. The van der Waals surface area contributed by atoms with E-state index in [2.05, 4.69) is 25.1 Å². The number of hydrogen-bond acceptors (Lipinski definition) is 8. The second-order valence-corrected chi connectivity index (χ2v) is 9.41. The molecular formula is C22H20F2N6O4S. The topological polar surface area (TPSA) is 140 Å². The Hall–Kier alpha value is -4.00. The Morgan fingerprint density at radius 1 is 1.20 bits per heavy atom. The molecule has 0 aliphatic heterocycles. The molecule has 10 nitrogen and oxygen atoms in total. The number of methoxy groups -OCH3 is 1. The van der Waals surface area contributed by atoms with Crippen LogP contribution in [0.3, 0.4) is 0 Å². The third-order valence-corrected chi connectivity index (χ3v) is 6.54. The van der Waals surface area contributed by atoms with Crippen LogP contribution in [-0.2, 0) is 10.0 Å². The predicted molar refractivity (Wildman–Crippen MR) is 124 cm³/mol. The van der Waals surface area contributed by atoms with E-state index in [1.54, 1.807) is 26.1 Å².